The Kier molecular flexibility index (Phi) is 5.28. The van der Waals surface area contributed by atoms with Crippen LogP contribution < -0.4 is 4.74 Å². The maximum Gasteiger partial charge on any atom is 0.387 e. The number of ether oxygens (including phenoxy) is 1. The highest BCUT2D eigenvalue weighted by molar-refractivity contribution is 5.84. The quantitative estimate of drug-likeness (QED) is 0.825. The summed E-state index contributed by atoms with van der Waals surface area (Å²) in [5, 5.41) is 0. The molecule has 1 aromatic carbocycles. The zero-order valence-electron chi connectivity index (χ0n) is 13.3. The van der Waals surface area contributed by atoms with Gasteiger partial charge in [-0.05, 0) is 43.5 Å². The van der Waals surface area contributed by atoms with E-state index in [2.05, 4.69) is 4.74 Å². The summed E-state index contributed by atoms with van der Waals surface area (Å²) in [7, 11) is 0. The van der Waals surface area contributed by atoms with Crippen molar-refractivity contribution in [1.82, 2.24) is 9.80 Å². The first kappa shape index (κ1) is 17.1. The molecule has 0 aromatic heterocycles. The van der Waals surface area contributed by atoms with Crippen molar-refractivity contribution in [3.8, 4) is 5.75 Å². The van der Waals surface area contributed by atoms with E-state index >= 15 is 0 Å². The van der Waals surface area contributed by atoms with E-state index in [-0.39, 0.29) is 17.7 Å². The van der Waals surface area contributed by atoms with E-state index in [0.717, 1.165) is 18.5 Å². The monoisotopic (exact) mass is 342 g/mol. The summed E-state index contributed by atoms with van der Waals surface area (Å²) in [6.07, 6.45) is 1.23. The summed E-state index contributed by atoms with van der Waals surface area (Å²) in [6.45, 7) is -0.682. The Balaban J connectivity index is 1.57. The van der Waals surface area contributed by atoms with E-state index in [9.17, 15) is 18.0 Å². The van der Waals surface area contributed by atoms with Gasteiger partial charge in [0.2, 0.25) is 5.91 Å². The van der Waals surface area contributed by atoms with Crippen LogP contribution in [0.5, 0.6) is 5.75 Å². The van der Waals surface area contributed by atoms with Crippen LogP contribution in [-0.4, -0.2) is 54.2 Å². The first-order valence-corrected chi connectivity index (χ1v) is 8.23. The van der Waals surface area contributed by atoms with Crippen LogP contribution in [-0.2, 0) is 11.3 Å². The third kappa shape index (κ3) is 4.01. The molecule has 0 bridgehead atoms. The molecule has 4 nitrogen and oxygen atoms in total. The van der Waals surface area contributed by atoms with Crippen LogP contribution >= 0.6 is 0 Å². The van der Waals surface area contributed by atoms with Gasteiger partial charge in [-0.3, -0.25) is 9.69 Å². The Morgan fingerprint density at radius 3 is 2.58 bits per heavy atom. The molecule has 0 radical (unpaired) electrons. The standard InChI is InChI=1S/C17H21F3N2O2/c18-13-2-1-8-21(11-13)15-7-9-22(16(15)23)10-12-3-5-14(6-4-12)24-17(19)20/h3-6,13,15,17H,1-2,7-11H2. The van der Waals surface area contributed by atoms with Crippen molar-refractivity contribution in [2.75, 3.05) is 19.6 Å². The molecular weight excluding hydrogens is 321 g/mol. The number of hydrogen-bond acceptors (Lipinski definition) is 3. The highest BCUT2D eigenvalue weighted by Gasteiger charge is 2.37. The molecule has 0 spiro atoms. The fraction of sp³-hybridized carbons (Fsp3) is 0.588. The zero-order chi connectivity index (χ0) is 17.1. The smallest absolute Gasteiger partial charge is 0.387 e. The maximum atomic E-state index is 13.6. The van der Waals surface area contributed by atoms with Crippen LogP contribution in [0.15, 0.2) is 24.3 Å². The average molecular weight is 342 g/mol. The highest BCUT2D eigenvalue weighted by Crippen LogP contribution is 2.24. The van der Waals surface area contributed by atoms with Gasteiger partial charge < -0.3 is 9.64 Å². The summed E-state index contributed by atoms with van der Waals surface area (Å²) in [5.74, 6) is 0.124. The molecule has 7 heteroatoms. The first-order chi connectivity index (χ1) is 11.5. The zero-order valence-corrected chi connectivity index (χ0v) is 13.3. The average Bonchev–Trinajstić information content (AvgIpc) is 2.90. The molecule has 2 heterocycles. The second-order valence-corrected chi connectivity index (χ2v) is 6.32. The predicted octanol–water partition coefficient (Wildman–Crippen LogP) is 2.82. The van der Waals surface area contributed by atoms with Gasteiger partial charge >= 0.3 is 6.61 Å². The minimum absolute atomic E-state index is 0.0250. The van der Waals surface area contributed by atoms with Crippen molar-refractivity contribution in [3.63, 3.8) is 0 Å². The third-order valence-electron chi connectivity index (χ3n) is 4.63. The number of rotatable bonds is 5. The lowest BCUT2D eigenvalue weighted by atomic mass is 10.1. The lowest BCUT2D eigenvalue weighted by molar-refractivity contribution is -0.133. The molecule has 1 amide bonds. The van der Waals surface area contributed by atoms with Gasteiger partial charge in [0.1, 0.15) is 11.9 Å². The molecule has 0 N–H and O–H groups in total. The molecule has 0 aliphatic carbocycles. The van der Waals surface area contributed by atoms with Crippen LogP contribution in [0, 0.1) is 0 Å². The van der Waals surface area contributed by atoms with Crippen LogP contribution in [0.3, 0.4) is 0 Å². The van der Waals surface area contributed by atoms with Crippen LogP contribution in [0.2, 0.25) is 0 Å². The fourth-order valence-electron chi connectivity index (χ4n) is 3.45. The Morgan fingerprint density at radius 2 is 1.92 bits per heavy atom. The molecule has 2 saturated heterocycles. The first-order valence-electron chi connectivity index (χ1n) is 8.23. The van der Waals surface area contributed by atoms with Crippen molar-refractivity contribution in [2.45, 2.75) is 44.6 Å². The molecule has 1 aromatic rings. The molecule has 2 fully saturated rings. The van der Waals surface area contributed by atoms with Crippen molar-refractivity contribution in [1.29, 1.82) is 0 Å². The van der Waals surface area contributed by atoms with Gasteiger partial charge in [-0.1, -0.05) is 12.1 Å². The van der Waals surface area contributed by atoms with Crippen LogP contribution in [0.25, 0.3) is 0 Å². The Bertz CT molecular complexity index is 567. The fourth-order valence-corrected chi connectivity index (χ4v) is 3.45. The lowest BCUT2D eigenvalue weighted by Crippen LogP contribution is -2.47. The van der Waals surface area contributed by atoms with E-state index in [1.54, 1.807) is 17.0 Å². The number of nitrogens with zero attached hydrogens (tertiary/aromatic N) is 2. The van der Waals surface area contributed by atoms with E-state index in [0.29, 0.717) is 32.5 Å². The largest absolute Gasteiger partial charge is 0.435 e. The molecule has 3 rings (SSSR count). The number of hydrogen-bond donors (Lipinski definition) is 0. The van der Waals surface area contributed by atoms with Gasteiger partial charge in [0.15, 0.2) is 0 Å². The lowest BCUT2D eigenvalue weighted by Gasteiger charge is -2.32. The van der Waals surface area contributed by atoms with Gasteiger partial charge in [-0.2, -0.15) is 8.78 Å². The van der Waals surface area contributed by atoms with E-state index in [1.807, 2.05) is 4.90 Å². The predicted molar refractivity (Wildman–Crippen MR) is 82.6 cm³/mol. The van der Waals surface area contributed by atoms with E-state index in [1.165, 1.54) is 12.1 Å². The normalized spacial score (nSPS) is 25.5. The van der Waals surface area contributed by atoms with Gasteiger partial charge in [0.25, 0.3) is 0 Å². The summed E-state index contributed by atoms with van der Waals surface area (Å²) in [5.41, 5.74) is 0.854. The maximum absolute atomic E-state index is 13.6. The third-order valence-corrected chi connectivity index (χ3v) is 4.63. The molecule has 0 saturated carbocycles. The summed E-state index contributed by atoms with van der Waals surface area (Å²) in [6, 6.07) is 6.06. The highest BCUT2D eigenvalue weighted by atomic mass is 19.3. The Morgan fingerprint density at radius 1 is 1.17 bits per heavy atom. The number of benzene rings is 1. The van der Waals surface area contributed by atoms with Crippen LogP contribution in [0.4, 0.5) is 13.2 Å². The number of carbonyl (C=O) groups is 1. The summed E-state index contributed by atoms with van der Waals surface area (Å²) >= 11 is 0. The number of likely N-dealkylation sites (tertiary alicyclic amines) is 2. The summed E-state index contributed by atoms with van der Waals surface area (Å²) in [4.78, 5) is 16.3. The Labute approximate surface area is 139 Å². The second kappa shape index (κ2) is 7.42. The number of amides is 1. The number of carbonyl (C=O) groups excluding carboxylic acids is 1. The Hall–Kier alpha value is -1.76. The number of halogens is 3. The summed E-state index contributed by atoms with van der Waals surface area (Å²) < 4.78 is 42.1. The van der Waals surface area contributed by atoms with Crippen molar-refractivity contribution < 1.29 is 22.7 Å². The van der Waals surface area contributed by atoms with E-state index in [4.69, 9.17) is 0 Å². The molecule has 24 heavy (non-hydrogen) atoms. The van der Waals surface area contributed by atoms with Crippen LogP contribution in [0.1, 0.15) is 24.8 Å². The van der Waals surface area contributed by atoms with Gasteiger partial charge in [0, 0.05) is 19.6 Å². The molecular formula is C17H21F3N2O2. The molecule has 132 valence electrons. The minimum Gasteiger partial charge on any atom is -0.435 e. The van der Waals surface area contributed by atoms with Gasteiger partial charge in [-0.25, -0.2) is 4.39 Å². The number of alkyl halides is 3. The van der Waals surface area contributed by atoms with Crippen molar-refractivity contribution in [3.05, 3.63) is 29.8 Å². The number of piperidine rings is 1. The molecule has 2 aliphatic rings. The molecule has 2 atom stereocenters. The van der Waals surface area contributed by atoms with Crippen molar-refractivity contribution in [2.24, 2.45) is 0 Å². The topological polar surface area (TPSA) is 32.8 Å². The van der Waals surface area contributed by atoms with Gasteiger partial charge in [-0.15, -0.1) is 0 Å². The minimum atomic E-state index is -2.85. The second-order valence-electron chi connectivity index (χ2n) is 6.32. The van der Waals surface area contributed by atoms with Crippen molar-refractivity contribution >= 4 is 5.91 Å². The van der Waals surface area contributed by atoms with E-state index < -0.39 is 12.8 Å². The molecule has 2 unspecified atom stereocenters. The van der Waals surface area contributed by atoms with Gasteiger partial charge in [0.05, 0.1) is 6.04 Å². The molecule has 2 aliphatic heterocycles. The SMILES string of the molecule is O=C1C(N2CCCC(F)C2)CCN1Cc1ccc(OC(F)F)cc1.